The number of anilines is 5. The third-order valence-corrected chi connectivity index (χ3v) is 9.28. The molecule has 0 bridgehead atoms. The quantitative estimate of drug-likeness (QED) is 0.126. The highest BCUT2D eigenvalue weighted by Gasteiger charge is 2.35. The molecule has 0 aliphatic heterocycles. The van der Waals surface area contributed by atoms with Crippen LogP contribution in [0.2, 0.25) is 0 Å². The second kappa shape index (κ2) is 12.6. The molecule has 0 atom stereocenters. The molecule has 6 aromatic carbocycles. The van der Waals surface area contributed by atoms with Crippen molar-refractivity contribution in [1.82, 2.24) is 0 Å². The Morgan fingerprint density at radius 2 is 1.09 bits per heavy atom. The minimum atomic E-state index is -0.0659. The molecule has 0 N–H and O–H groups in total. The number of nitrogens with zero attached hydrogens (tertiary/aromatic N) is 3. The second-order valence-corrected chi connectivity index (χ2v) is 12.7. The molecule has 0 saturated carbocycles. The van der Waals surface area contributed by atoms with Crippen LogP contribution in [0.25, 0.3) is 17.2 Å². The summed E-state index contributed by atoms with van der Waals surface area (Å²) in [6, 6.07) is 51.7. The molecule has 0 spiro atoms. The number of aryl methyl sites for hydroxylation is 2. The normalized spacial score (nSPS) is 13.1. The molecule has 230 valence electrons. The molecule has 0 amide bonds. The van der Waals surface area contributed by atoms with Gasteiger partial charge in [-0.15, -0.1) is 0 Å². The second-order valence-electron chi connectivity index (χ2n) is 12.7. The summed E-state index contributed by atoms with van der Waals surface area (Å²) in [5, 5.41) is 6.74. The third kappa shape index (κ3) is 5.89. The van der Waals surface area contributed by atoms with E-state index in [-0.39, 0.29) is 5.41 Å². The first-order valence-electron chi connectivity index (χ1n) is 16.2. The zero-order valence-corrected chi connectivity index (χ0v) is 27.4. The van der Waals surface area contributed by atoms with E-state index in [0.717, 1.165) is 34.0 Å². The van der Waals surface area contributed by atoms with Crippen molar-refractivity contribution in [2.24, 2.45) is 5.10 Å². The molecule has 47 heavy (non-hydrogen) atoms. The highest BCUT2D eigenvalue weighted by atomic mass is 15.5. The van der Waals surface area contributed by atoms with Gasteiger partial charge in [0.05, 0.1) is 11.4 Å². The fourth-order valence-corrected chi connectivity index (χ4v) is 6.56. The highest BCUT2D eigenvalue weighted by Crippen LogP contribution is 2.50. The smallest absolute Gasteiger partial charge is 0.0652 e. The van der Waals surface area contributed by atoms with Gasteiger partial charge in [0, 0.05) is 28.7 Å². The Kier molecular flexibility index (Phi) is 8.05. The van der Waals surface area contributed by atoms with Crippen LogP contribution in [0.15, 0.2) is 157 Å². The van der Waals surface area contributed by atoms with Crippen LogP contribution in [-0.2, 0) is 5.41 Å². The minimum Gasteiger partial charge on any atom is -0.310 e. The minimum absolute atomic E-state index is 0.0659. The van der Waals surface area contributed by atoms with Crippen LogP contribution in [0.1, 0.15) is 41.7 Å². The van der Waals surface area contributed by atoms with Crippen molar-refractivity contribution in [2.75, 3.05) is 9.91 Å². The standard InChI is InChI=1S/C44H39N3/c1-32-21-24-38(30-33(32)2)46(39-27-28-41-40-19-11-12-20-42(40)44(3,4)43(41)31-39)35-25-22-34(23-26-35)14-13-29-45-47(36-15-7-5-8-16-36)37-17-9-6-10-18-37/h5-31H,1-4H3. The van der Waals surface area contributed by atoms with Crippen molar-refractivity contribution >= 4 is 40.7 Å². The fraction of sp³-hybridized carbons (Fsp3) is 0.114. The number of para-hydroxylation sites is 2. The maximum Gasteiger partial charge on any atom is 0.0652 e. The van der Waals surface area contributed by atoms with Crippen LogP contribution < -0.4 is 9.91 Å². The van der Waals surface area contributed by atoms with Gasteiger partial charge in [-0.3, -0.25) is 0 Å². The first-order valence-corrected chi connectivity index (χ1v) is 16.2. The molecule has 3 heteroatoms. The van der Waals surface area contributed by atoms with Gasteiger partial charge in [-0.25, -0.2) is 5.01 Å². The van der Waals surface area contributed by atoms with E-state index in [9.17, 15) is 0 Å². The van der Waals surface area contributed by atoms with Crippen molar-refractivity contribution in [3.8, 4) is 11.1 Å². The summed E-state index contributed by atoms with van der Waals surface area (Å²) in [5.74, 6) is 0. The molecule has 6 aromatic rings. The maximum absolute atomic E-state index is 4.79. The van der Waals surface area contributed by atoms with Crippen molar-refractivity contribution in [3.05, 3.63) is 179 Å². The van der Waals surface area contributed by atoms with Gasteiger partial charge >= 0.3 is 0 Å². The Bertz CT molecular complexity index is 2030. The molecule has 0 aromatic heterocycles. The number of benzene rings is 6. The SMILES string of the molecule is Cc1ccc(N(c2ccc(C=CC=NN(c3ccccc3)c3ccccc3)cc2)c2ccc3c(c2)C(C)(C)c2ccccc2-3)cc1C. The maximum atomic E-state index is 4.79. The van der Waals surface area contributed by atoms with Gasteiger partial charge in [-0.1, -0.05) is 105 Å². The van der Waals surface area contributed by atoms with Gasteiger partial charge in [0.1, 0.15) is 0 Å². The summed E-state index contributed by atoms with van der Waals surface area (Å²) in [7, 11) is 0. The molecule has 7 rings (SSSR count). The lowest BCUT2D eigenvalue weighted by Crippen LogP contribution is -2.16. The Labute approximate surface area is 278 Å². The molecule has 0 heterocycles. The van der Waals surface area contributed by atoms with Crippen LogP contribution in [0.5, 0.6) is 0 Å². The monoisotopic (exact) mass is 609 g/mol. The lowest BCUT2D eigenvalue weighted by molar-refractivity contribution is 0.660. The van der Waals surface area contributed by atoms with E-state index in [1.165, 1.54) is 33.4 Å². The molecular formula is C44H39N3. The molecule has 0 radical (unpaired) electrons. The fourth-order valence-electron chi connectivity index (χ4n) is 6.56. The predicted octanol–water partition coefficient (Wildman–Crippen LogP) is 11.9. The molecular weight excluding hydrogens is 571 g/mol. The zero-order valence-electron chi connectivity index (χ0n) is 27.4. The summed E-state index contributed by atoms with van der Waals surface area (Å²) in [6.07, 6.45) is 5.94. The topological polar surface area (TPSA) is 18.8 Å². The first kappa shape index (κ1) is 30.0. The van der Waals surface area contributed by atoms with E-state index in [4.69, 9.17) is 5.10 Å². The molecule has 0 unspecified atom stereocenters. The number of fused-ring (bicyclic) bond motifs is 3. The van der Waals surface area contributed by atoms with Gasteiger partial charge in [-0.2, -0.15) is 5.10 Å². The summed E-state index contributed by atoms with van der Waals surface area (Å²) in [4.78, 5) is 2.37. The van der Waals surface area contributed by atoms with E-state index < -0.39 is 0 Å². The van der Waals surface area contributed by atoms with E-state index in [2.05, 4.69) is 148 Å². The van der Waals surface area contributed by atoms with Crippen LogP contribution in [0.4, 0.5) is 28.4 Å². The summed E-state index contributed by atoms with van der Waals surface area (Å²) < 4.78 is 0. The lowest BCUT2D eigenvalue weighted by Gasteiger charge is -2.28. The third-order valence-electron chi connectivity index (χ3n) is 9.28. The van der Waals surface area contributed by atoms with Crippen molar-refractivity contribution < 1.29 is 0 Å². The number of allylic oxidation sites excluding steroid dienone is 1. The number of hydrazone groups is 1. The number of hydrogen-bond acceptors (Lipinski definition) is 3. The number of rotatable bonds is 8. The van der Waals surface area contributed by atoms with Gasteiger partial charge in [-0.05, 0) is 120 Å². The van der Waals surface area contributed by atoms with Crippen LogP contribution in [0.3, 0.4) is 0 Å². The van der Waals surface area contributed by atoms with Crippen LogP contribution >= 0.6 is 0 Å². The summed E-state index contributed by atoms with van der Waals surface area (Å²) in [6.45, 7) is 9.03. The van der Waals surface area contributed by atoms with Gasteiger partial charge in [0.2, 0.25) is 0 Å². The van der Waals surface area contributed by atoms with Crippen LogP contribution in [0, 0.1) is 13.8 Å². The van der Waals surface area contributed by atoms with E-state index in [1.54, 1.807) is 0 Å². The Balaban J connectivity index is 1.19. The lowest BCUT2D eigenvalue weighted by atomic mass is 9.82. The Morgan fingerprint density at radius 3 is 1.77 bits per heavy atom. The molecule has 0 fully saturated rings. The van der Waals surface area contributed by atoms with Gasteiger partial charge in [0.15, 0.2) is 0 Å². The predicted molar refractivity (Wildman–Crippen MR) is 201 cm³/mol. The average molecular weight is 610 g/mol. The van der Waals surface area contributed by atoms with E-state index in [0.29, 0.717) is 0 Å². The average Bonchev–Trinajstić information content (AvgIpc) is 3.33. The zero-order chi connectivity index (χ0) is 32.4. The van der Waals surface area contributed by atoms with E-state index >= 15 is 0 Å². The largest absolute Gasteiger partial charge is 0.310 e. The molecule has 3 nitrogen and oxygen atoms in total. The van der Waals surface area contributed by atoms with Crippen molar-refractivity contribution in [3.63, 3.8) is 0 Å². The summed E-state index contributed by atoms with van der Waals surface area (Å²) >= 11 is 0. The summed E-state index contributed by atoms with van der Waals surface area (Å²) in [5.41, 5.74) is 14.5. The van der Waals surface area contributed by atoms with Crippen molar-refractivity contribution in [1.29, 1.82) is 0 Å². The van der Waals surface area contributed by atoms with Crippen molar-refractivity contribution in [2.45, 2.75) is 33.1 Å². The van der Waals surface area contributed by atoms with Gasteiger partial charge in [0.25, 0.3) is 0 Å². The molecule has 1 aliphatic rings. The van der Waals surface area contributed by atoms with Gasteiger partial charge < -0.3 is 4.90 Å². The van der Waals surface area contributed by atoms with Crippen LogP contribution in [-0.4, -0.2) is 6.21 Å². The first-order chi connectivity index (χ1) is 22.9. The van der Waals surface area contributed by atoms with E-state index in [1.807, 2.05) is 53.7 Å². The molecule has 1 aliphatic carbocycles. The Morgan fingerprint density at radius 1 is 0.511 bits per heavy atom. The molecule has 0 saturated heterocycles. The highest BCUT2D eigenvalue weighted by molar-refractivity contribution is 5.86. The Hall–Kier alpha value is -5.67. The number of hydrogen-bond donors (Lipinski definition) is 0.